The number of alkyl carbamates (subject to hydrolysis) is 1. The lowest BCUT2D eigenvalue weighted by Crippen LogP contribution is -2.26. The van der Waals surface area contributed by atoms with Crippen molar-refractivity contribution < 1.29 is 9.53 Å². The molecule has 0 unspecified atom stereocenters. The summed E-state index contributed by atoms with van der Waals surface area (Å²) in [7, 11) is 0. The first kappa shape index (κ1) is 19.2. The molecule has 2 aromatic carbocycles. The first-order valence-electron chi connectivity index (χ1n) is 9.69. The van der Waals surface area contributed by atoms with Crippen LogP contribution in [-0.4, -0.2) is 24.2 Å². The maximum absolute atomic E-state index is 12.1. The van der Waals surface area contributed by atoms with Crippen molar-refractivity contribution in [1.29, 1.82) is 5.26 Å². The summed E-state index contributed by atoms with van der Waals surface area (Å²) < 4.78 is 5.49. The van der Waals surface area contributed by atoms with Crippen molar-refractivity contribution in [3.63, 3.8) is 0 Å². The Labute approximate surface area is 175 Å². The van der Waals surface area contributed by atoms with E-state index in [4.69, 9.17) is 10.00 Å². The molecule has 0 saturated heterocycles. The number of hydrogen-bond acceptors (Lipinski definition) is 4. The third kappa shape index (κ3) is 4.16. The van der Waals surface area contributed by atoms with Crippen LogP contribution < -0.4 is 5.32 Å². The summed E-state index contributed by atoms with van der Waals surface area (Å²) in [5.74, 6) is 5.94. The number of carbonyl (C=O) groups is 1. The zero-order valence-corrected chi connectivity index (χ0v) is 16.3. The SMILES string of the molecule is N#Cc1cncc(C#CCCNC(=O)OCC2c3ccccc3-c3ccccc32)c1. The van der Waals surface area contributed by atoms with Gasteiger partial charge in [-0.3, -0.25) is 4.98 Å². The molecule has 4 rings (SSSR count). The van der Waals surface area contributed by atoms with E-state index in [-0.39, 0.29) is 12.5 Å². The molecule has 1 aromatic heterocycles. The molecular weight excluding hydrogens is 374 g/mol. The van der Waals surface area contributed by atoms with E-state index in [1.807, 2.05) is 30.3 Å². The summed E-state index contributed by atoms with van der Waals surface area (Å²) in [6.07, 6.45) is 3.12. The largest absolute Gasteiger partial charge is 0.449 e. The second-order valence-electron chi connectivity index (χ2n) is 6.88. The first-order valence-corrected chi connectivity index (χ1v) is 9.69. The van der Waals surface area contributed by atoms with Gasteiger partial charge >= 0.3 is 6.09 Å². The molecule has 0 aliphatic heterocycles. The van der Waals surface area contributed by atoms with Crippen LogP contribution >= 0.6 is 0 Å². The Hall–Kier alpha value is -4.09. The van der Waals surface area contributed by atoms with E-state index in [0.717, 1.165) is 0 Å². The topological polar surface area (TPSA) is 75.0 Å². The number of hydrogen-bond donors (Lipinski definition) is 1. The zero-order valence-electron chi connectivity index (χ0n) is 16.3. The van der Waals surface area contributed by atoms with Gasteiger partial charge < -0.3 is 10.1 Å². The molecule has 0 radical (unpaired) electrons. The van der Waals surface area contributed by atoms with E-state index < -0.39 is 6.09 Å². The Balaban J connectivity index is 1.29. The van der Waals surface area contributed by atoms with Crippen LogP contribution in [0.1, 0.15) is 34.6 Å². The van der Waals surface area contributed by atoms with Crippen molar-refractivity contribution in [2.45, 2.75) is 12.3 Å². The number of ether oxygens (including phenoxy) is 1. The fraction of sp³-hybridized carbons (Fsp3) is 0.160. The molecule has 0 bridgehead atoms. The summed E-state index contributed by atoms with van der Waals surface area (Å²) in [5, 5.41) is 11.6. The van der Waals surface area contributed by atoms with Gasteiger partial charge in [0.25, 0.3) is 0 Å². The molecule has 0 saturated carbocycles. The fourth-order valence-electron chi connectivity index (χ4n) is 3.61. The van der Waals surface area contributed by atoms with Gasteiger partial charge in [0, 0.05) is 36.8 Å². The Bertz CT molecular complexity index is 1140. The quantitative estimate of drug-likeness (QED) is 0.532. The average molecular weight is 393 g/mol. The highest BCUT2D eigenvalue weighted by molar-refractivity contribution is 5.79. The molecule has 1 heterocycles. The first-order chi connectivity index (χ1) is 14.8. The van der Waals surface area contributed by atoms with E-state index in [9.17, 15) is 4.79 Å². The lowest BCUT2D eigenvalue weighted by atomic mass is 9.98. The Kier molecular flexibility index (Phi) is 5.73. The van der Waals surface area contributed by atoms with Gasteiger partial charge in [0.15, 0.2) is 0 Å². The molecule has 30 heavy (non-hydrogen) atoms. The van der Waals surface area contributed by atoms with Crippen molar-refractivity contribution in [2.75, 3.05) is 13.2 Å². The van der Waals surface area contributed by atoms with Crippen molar-refractivity contribution in [1.82, 2.24) is 10.3 Å². The number of fused-ring (bicyclic) bond motifs is 3. The number of pyridine rings is 1. The molecule has 5 nitrogen and oxygen atoms in total. The Morgan fingerprint density at radius 2 is 1.70 bits per heavy atom. The highest BCUT2D eigenvalue weighted by Gasteiger charge is 2.28. The molecule has 3 aromatic rings. The number of aromatic nitrogens is 1. The molecule has 0 spiro atoms. The van der Waals surface area contributed by atoms with Gasteiger partial charge in [-0.1, -0.05) is 60.4 Å². The number of benzene rings is 2. The van der Waals surface area contributed by atoms with Gasteiger partial charge in [0.05, 0.1) is 5.56 Å². The van der Waals surface area contributed by atoms with Crippen molar-refractivity contribution >= 4 is 6.09 Å². The summed E-state index contributed by atoms with van der Waals surface area (Å²) in [6, 6.07) is 20.2. The van der Waals surface area contributed by atoms with Gasteiger partial charge in [-0.2, -0.15) is 5.26 Å². The normalized spacial score (nSPS) is 11.4. The van der Waals surface area contributed by atoms with Gasteiger partial charge in [0.2, 0.25) is 0 Å². The second kappa shape index (κ2) is 8.94. The molecule has 5 heteroatoms. The van der Waals surface area contributed by atoms with Gasteiger partial charge in [-0.05, 0) is 28.3 Å². The lowest BCUT2D eigenvalue weighted by Gasteiger charge is -2.14. The highest BCUT2D eigenvalue weighted by Crippen LogP contribution is 2.44. The number of carbonyl (C=O) groups excluding carboxylic acids is 1. The maximum Gasteiger partial charge on any atom is 0.407 e. The lowest BCUT2D eigenvalue weighted by molar-refractivity contribution is 0.143. The molecular formula is C25H19N3O2. The Morgan fingerprint density at radius 3 is 2.40 bits per heavy atom. The summed E-state index contributed by atoms with van der Waals surface area (Å²) >= 11 is 0. The van der Waals surface area contributed by atoms with Crippen LogP contribution in [0.25, 0.3) is 11.1 Å². The minimum Gasteiger partial charge on any atom is -0.449 e. The number of nitrogens with one attached hydrogen (secondary N) is 1. The summed E-state index contributed by atoms with van der Waals surface area (Å²) in [6.45, 7) is 0.674. The summed E-state index contributed by atoms with van der Waals surface area (Å²) in [4.78, 5) is 16.1. The maximum atomic E-state index is 12.1. The molecule has 1 aliphatic rings. The molecule has 0 fully saturated rings. The van der Waals surface area contributed by atoms with E-state index in [1.165, 1.54) is 28.5 Å². The van der Waals surface area contributed by atoms with Crippen LogP contribution in [0.15, 0.2) is 67.0 Å². The van der Waals surface area contributed by atoms with Crippen LogP contribution in [0.5, 0.6) is 0 Å². The number of nitriles is 1. The zero-order chi connectivity index (χ0) is 20.8. The van der Waals surface area contributed by atoms with Crippen molar-refractivity contribution in [3.05, 3.63) is 89.2 Å². The number of amides is 1. The predicted molar refractivity (Wildman–Crippen MR) is 114 cm³/mol. The third-order valence-corrected chi connectivity index (χ3v) is 4.96. The smallest absolute Gasteiger partial charge is 0.407 e. The van der Waals surface area contributed by atoms with Crippen molar-refractivity contribution in [2.24, 2.45) is 0 Å². The number of rotatable bonds is 4. The fourth-order valence-corrected chi connectivity index (χ4v) is 3.61. The van der Waals surface area contributed by atoms with Gasteiger partial charge in [-0.15, -0.1) is 0 Å². The van der Waals surface area contributed by atoms with E-state index >= 15 is 0 Å². The number of nitrogens with zero attached hydrogens (tertiary/aromatic N) is 2. The van der Waals surface area contributed by atoms with Crippen LogP contribution in [-0.2, 0) is 4.74 Å². The summed E-state index contributed by atoms with van der Waals surface area (Å²) in [5.41, 5.74) is 5.92. The molecule has 0 atom stereocenters. The minimum atomic E-state index is -0.452. The second-order valence-corrected chi connectivity index (χ2v) is 6.88. The van der Waals surface area contributed by atoms with Crippen LogP contribution in [0.2, 0.25) is 0 Å². The monoisotopic (exact) mass is 393 g/mol. The van der Waals surface area contributed by atoms with Crippen molar-refractivity contribution in [3.8, 4) is 29.0 Å². The minimum absolute atomic E-state index is 0.0443. The highest BCUT2D eigenvalue weighted by atomic mass is 16.5. The van der Waals surface area contributed by atoms with E-state index in [2.05, 4.69) is 46.4 Å². The van der Waals surface area contributed by atoms with Gasteiger partial charge in [-0.25, -0.2) is 4.79 Å². The molecule has 1 aliphatic carbocycles. The van der Waals surface area contributed by atoms with Gasteiger partial charge in [0.1, 0.15) is 12.7 Å². The van der Waals surface area contributed by atoms with Crippen LogP contribution in [0.3, 0.4) is 0 Å². The Morgan fingerprint density at radius 1 is 1.03 bits per heavy atom. The molecule has 1 amide bonds. The van der Waals surface area contributed by atoms with E-state index in [1.54, 1.807) is 12.3 Å². The average Bonchev–Trinajstić information content (AvgIpc) is 3.11. The van der Waals surface area contributed by atoms with Crippen LogP contribution in [0, 0.1) is 23.2 Å². The third-order valence-electron chi connectivity index (χ3n) is 4.96. The molecule has 146 valence electrons. The van der Waals surface area contributed by atoms with E-state index in [0.29, 0.717) is 24.1 Å². The standard InChI is InChI=1S/C25H19N3O2/c26-14-19-13-18(15-27-16-19)7-5-6-12-28-25(29)30-17-24-22-10-3-1-8-20(22)21-9-2-4-11-23(21)24/h1-4,8-11,13,15-16,24H,6,12,17H2,(H,28,29). The molecule has 1 N–H and O–H groups in total. The predicted octanol–water partition coefficient (Wildman–Crippen LogP) is 4.23. The van der Waals surface area contributed by atoms with Crippen LogP contribution in [0.4, 0.5) is 4.79 Å².